The Labute approximate surface area is 216 Å². The Bertz CT molecular complexity index is 1240. The molecule has 0 aliphatic heterocycles. The third-order valence-corrected chi connectivity index (χ3v) is 6.60. The fourth-order valence-electron chi connectivity index (χ4n) is 4.83. The van der Waals surface area contributed by atoms with Crippen molar-refractivity contribution in [3.63, 3.8) is 0 Å². The fraction of sp³-hybridized carbons (Fsp3) is 0.448. The molecule has 0 bridgehead atoms. The third-order valence-electron chi connectivity index (χ3n) is 6.60. The molecule has 1 unspecified atom stereocenters. The van der Waals surface area contributed by atoms with Crippen LogP contribution in [-0.2, 0) is 35.2 Å². The molecule has 0 fully saturated rings. The number of rotatable bonds is 12. The highest BCUT2D eigenvalue weighted by molar-refractivity contribution is 5.73. The summed E-state index contributed by atoms with van der Waals surface area (Å²) in [4.78, 5) is 16.2. The highest BCUT2D eigenvalue weighted by Crippen LogP contribution is 2.34. The number of nitrogens with zero attached hydrogens (tertiary/aromatic N) is 1. The van der Waals surface area contributed by atoms with E-state index >= 15 is 0 Å². The van der Waals surface area contributed by atoms with Crippen LogP contribution < -0.4 is 9.47 Å². The van der Waals surface area contributed by atoms with Gasteiger partial charge in [-0.1, -0.05) is 6.07 Å². The van der Waals surface area contributed by atoms with Gasteiger partial charge in [0.05, 0.1) is 24.5 Å². The molecule has 37 heavy (non-hydrogen) atoms. The summed E-state index contributed by atoms with van der Waals surface area (Å²) < 4.78 is 36.8. The van der Waals surface area contributed by atoms with E-state index in [0.717, 1.165) is 48.3 Å². The minimum absolute atomic E-state index is 0.347. The van der Waals surface area contributed by atoms with Crippen LogP contribution in [0.5, 0.6) is 11.5 Å². The molecule has 7 nitrogen and oxygen atoms in total. The van der Waals surface area contributed by atoms with Gasteiger partial charge in [0.25, 0.3) is 0 Å². The van der Waals surface area contributed by atoms with E-state index in [1.54, 1.807) is 13.0 Å². The summed E-state index contributed by atoms with van der Waals surface area (Å²) in [7, 11) is 0. The average molecular weight is 512 g/mol. The van der Waals surface area contributed by atoms with Crippen LogP contribution in [0.4, 0.5) is 4.39 Å². The summed E-state index contributed by atoms with van der Waals surface area (Å²) in [5, 5.41) is 9.51. The van der Waals surface area contributed by atoms with Crippen molar-refractivity contribution in [2.24, 2.45) is 0 Å². The Morgan fingerprint density at radius 1 is 1.08 bits per heavy atom. The Morgan fingerprint density at radius 3 is 2.59 bits per heavy atom. The van der Waals surface area contributed by atoms with Crippen LogP contribution in [0.2, 0.25) is 0 Å². The smallest absolute Gasteiger partial charge is 0.333 e. The maximum absolute atomic E-state index is 13.7. The second kappa shape index (κ2) is 12.2. The zero-order valence-electron chi connectivity index (χ0n) is 21.6. The second-order valence-corrected chi connectivity index (χ2v) is 9.07. The topological polar surface area (TPSA) is 91.0 Å². The van der Waals surface area contributed by atoms with Crippen LogP contribution in [0.25, 0.3) is 11.5 Å². The fourth-order valence-corrected chi connectivity index (χ4v) is 4.83. The number of aliphatic carboxylic acids is 1. The van der Waals surface area contributed by atoms with Crippen molar-refractivity contribution in [2.75, 3.05) is 19.8 Å². The maximum atomic E-state index is 13.7. The van der Waals surface area contributed by atoms with Crippen molar-refractivity contribution in [1.82, 2.24) is 4.98 Å². The summed E-state index contributed by atoms with van der Waals surface area (Å²) in [6.07, 6.45) is 4.00. The first-order chi connectivity index (χ1) is 17.9. The molecule has 0 saturated carbocycles. The Morgan fingerprint density at radius 2 is 1.86 bits per heavy atom. The molecule has 1 heterocycles. The van der Waals surface area contributed by atoms with Crippen molar-refractivity contribution in [3.8, 4) is 23.0 Å². The number of benzene rings is 2. The van der Waals surface area contributed by atoms with Crippen molar-refractivity contribution >= 4 is 5.97 Å². The average Bonchev–Trinajstić information content (AvgIpc) is 3.25. The number of aryl methyl sites for hydroxylation is 1. The van der Waals surface area contributed by atoms with E-state index in [9.17, 15) is 14.3 Å². The molecule has 0 amide bonds. The van der Waals surface area contributed by atoms with E-state index in [4.69, 9.17) is 18.6 Å². The van der Waals surface area contributed by atoms with Gasteiger partial charge in [0.1, 0.15) is 23.1 Å². The van der Waals surface area contributed by atoms with Crippen molar-refractivity contribution in [2.45, 2.75) is 65.4 Å². The van der Waals surface area contributed by atoms with Crippen LogP contribution in [0.3, 0.4) is 0 Å². The lowest BCUT2D eigenvalue weighted by Gasteiger charge is -2.24. The molecule has 1 atom stereocenters. The predicted molar refractivity (Wildman–Crippen MR) is 137 cm³/mol. The molecular formula is C29H34FNO6. The predicted octanol–water partition coefficient (Wildman–Crippen LogP) is 5.72. The highest BCUT2D eigenvalue weighted by atomic mass is 19.1. The number of carbonyl (C=O) groups is 1. The first-order valence-corrected chi connectivity index (χ1v) is 12.9. The van der Waals surface area contributed by atoms with Crippen LogP contribution in [-0.4, -0.2) is 42.0 Å². The molecule has 2 aromatic carbocycles. The van der Waals surface area contributed by atoms with Crippen LogP contribution in [0.1, 0.15) is 54.8 Å². The van der Waals surface area contributed by atoms with E-state index < -0.39 is 12.1 Å². The van der Waals surface area contributed by atoms with Crippen molar-refractivity contribution in [1.29, 1.82) is 0 Å². The Hall–Kier alpha value is -3.39. The van der Waals surface area contributed by atoms with Crippen LogP contribution in [0, 0.1) is 12.7 Å². The minimum atomic E-state index is -0.942. The van der Waals surface area contributed by atoms with E-state index in [-0.39, 0.29) is 5.82 Å². The van der Waals surface area contributed by atoms with E-state index in [2.05, 4.69) is 4.98 Å². The zero-order valence-corrected chi connectivity index (χ0v) is 21.6. The molecule has 0 spiro atoms. The molecule has 1 aromatic heterocycles. The lowest BCUT2D eigenvalue weighted by Crippen LogP contribution is -2.27. The van der Waals surface area contributed by atoms with E-state index in [1.165, 1.54) is 17.7 Å². The molecule has 4 rings (SSSR count). The monoisotopic (exact) mass is 511 g/mol. The van der Waals surface area contributed by atoms with Gasteiger partial charge in [-0.05, 0) is 81.3 Å². The number of halogens is 1. The van der Waals surface area contributed by atoms with Gasteiger partial charge >= 0.3 is 5.97 Å². The van der Waals surface area contributed by atoms with Gasteiger partial charge in [-0.15, -0.1) is 0 Å². The lowest BCUT2D eigenvalue weighted by atomic mass is 9.86. The number of carboxylic acids is 1. The zero-order chi connectivity index (χ0) is 26.4. The number of hydrogen-bond acceptors (Lipinski definition) is 6. The van der Waals surface area contributed by atoms with Crippen molar-refractivity contribution in [3.05, 3.63) is 64.3 Å². The largest absolute Gasteiger partial charge is 0.493 e. The molecule has 3 aromatic rings. The lowest BCUT2D eigenvalue weighted by molar-refractivity contribution is -0.149. The molecule has 1 aliphatic rings. The molecule has 0 saturated heterocycles. The summed E-state index contributed by atoms with van der Waals surface area (Å²) in [5.74, 6) is 0.976. The van der Waals surface area contributed by atoms with Gasteiger partial charge in [0, 0.05) is 25.5 Å². The van der Waals surface area contributed by atoms with Gasteiger partial charge in [0.15, 0.2) is 6.10 Å². The minimum Gasteiger partial charge on any atom is -0.493 e. The SMILES string of the molecule is CCOc1cc(F)ccc1-c1nc(CCOc2ccc(CC(OCC)C(=O)O)c3c2CCCC3)c(C)o1. The number of aromatic nitrogens is 1. The van der Waals surface area contributed by atoms with Gasteiger partial charge in [-0.2, -0.15) is 0 Å². The van der Waals surface area contributed by atoms with Gasteiger partial charge in [-0.25, -0.2) is 14.2 Å². The van der Waals surface area contributed by atoms with Crippen molar-refractivity contribution < 1.29 is 32.9 Å². The Kier molecular flexibility index (Phi) is 8.82. The number of fused-ring (bicyclic) bond motifs is 1. The van der Waals surface area contributed by atoms with E-state index in [1.807, 2.05) is 26.0 Å². The quantitative estimate of drug-likeness (QED) is 0.333. The van der Waals surface area contributed by atoms with Gasteiger partial charge in [-0.3, -0.25) is 0 Å². The molecule has 8 heteroatoms. The summed E-state index contributed by atoms with van der Waals surface area (Å²) in [6, 6.07) is 8.22. The third kappa shape index (κ3) is 6.31. The first kappa shape index (κ1) is 26.7. The van der Waals surface area contributed by atoms with E-state index in [0.29, 0.717) is 55.6 Å². The summed E-state index contributed by atoms with van der Waals surface area (Å²) in [5.41, 5.74) is 4.75. The standard InChI is InChI=1S/C29H34FNO6/c1-4-34-26-17-20(30)11-12-23(26)28-31-24(18(3)37-28)14-15-36-25-13-10-19(16-27(29(32)33)35-5-2)21-8-6-7-9-22(21)25/h10-13,17,27H,4-9,14-16H2,1-3H3,(H,32,33). The van der Waals surface area contributed by atoms with Gasteiger partial charge < -0.3 is 23.7 Å². The summed E-state index contributed by atoms with van der Waals surface area (Å²) >= 11 is 0. The summed E-state index contributed by atoms with van der Waals surface area (Å²) in [6.45, 7) is 6.67. The van der Waals surface area contributed by atoms with Gasteiger partial charge in [0.2, 0.25) is 5.89 Å². The molecular weight excluding hydrogens is 477 g/mol. The molecule has 198 valence electrons. The second-order valence-electron chi connectivity index (χ2n) is 9.07. The number of hydrogen-bond donors (Lipinski definition) is 1. The number of ether oxygens (including phenoxy) is 3. The molecule has 1 aliphatic carbocycles. The normalized spacial score (nSPS) is 13.7. The molecule has 1 N–H and O–H groups in total. The first-order valence-electron chi connectivity index (χ1n) is 12.9. The van der Waals surface area contributed by atoms with Crippen LogP contribution >= 0.6 is 0 Å². The number of carboxylic acid groups (broad SMARTS) is 1. The Balaban J connectivity index is 1.47. The molecule has 0 radical (unpaired) electrons. The maximum Gasteiger partial charge on any atom is 0.333 e. The van der Waals surface area contributed by atoms with Crippen LogP contribution in [0.15, 0.2) is 34.7 Å². The number of oxazole rings is 1. The highest BCUT2D eigenvalue weighted by Gasteiger charge is 2.24.